The maximum Gasteiger partial charge on any atom is 0.211 e. The second-order valence-corrected chi connectivity index (χ2v) is 7.54. The monoisotopic (exact) mass is 278 g/mol. The van der Waals surface area contributed by atoms with E-state index in [1.807, 2.05) is 0 Å². The highest BCUT2D eigenvalue weighted by molar-refractivity contribution is 7.89. The first kappa shape index (κ1) is 15.9. The van der Waals surface area contributed by atoms with E-state index in [2.05, 4.69) is 23.9 Å². The first-order valence-electron chi connectivity index (χ1n) is 6.57. The fraction of sp³-hybridized carbons (Fsp3) is 1.00. The summed E-state index contributed by atoms with van der Waals surface area (Å²) in [7, 11) is -1.60. The lowest BCUT2D eigenvalue weighted by Gasteiger charge is -2.39. The molecule has 1 unspecified atom stereocenters. The lowest BCUT2D eigenvalue weighted by Crippen LogP contribution is -2.53. The van der Waals surface area contributed by atoms with Gasteiger partial charge >= 0.3 is 0 Å². The highest BCUT2D eigenvalue weighted by Gasteiger charge is 2.32. The van der Waals surface area contributed by atoms with Crippen LogP contribution < -0.4 is 10.0 Å². The van der Waals surface area contributed by atoms with E-state index in [9.17, 15) is 8.42 Å². The smallest absolute Gasteiger partial charge is 0.211 e. The molecule has 1 heterocycles. The van der Waals surface area contributed by atoms with E-state index >= 15 is 0 Å². The van der Waals surface area contributed by atoms with E-state index in [0.29, 0.717) is 19.6 Å². The maximum absolute atomic E-state index is 11.8. The van der Waals surface area contributed by atoms with Crippen molar-refractivity contribution in [2.75, 3.05) is 32.6 Å². The van der Waals surface area contributed by atoms with E-state index in [0.717, 1.165) is 19.4 Å². The summed E-state index contributed by atoms with van der Waals surface area (Å²) in [5.74, 6) is 0.133. The van der Waals surface area contributed by atoms with Gasteiger partial charge < -0.3 is 10.1 Å². The Labute approximate surface area is 111 Å². The van der Waals surface area contributed by atoms with Crippen molar-refractivity contribution in [3.05, 3.63) is 0 Å². The van der Waals surface area contributed by atoms with E-state index in [4.69, 9.17) is 4.74 Å². The SMILES string of the molecule is COCCCS(=O)(=O)NCC1NCCCC1(C)C. The van der Waals surface area contributed by atoms with E-state index in [1.165, 1.54) is 0 Å². The quantitative estimate of drug-likeness (QED) is 0.673. The molecule has 0 saturated carbocycles. The van der Waals surface area contributed by atoms with Crippen LogP contribution in [0.5, 0.6) is 0 Å². The van der Waals surface area contributed by atoms with E-state index in [1.54, 1.807) is 7.11 Å². The molecule has 5 nitrogen and oxygen atoms in total. The topological polar surface area (TPSA) is 67.4 Å². The Morgan fingerprint density at radius 2 is 2.17 bits per heavy atom. The van der Waals surface area contributed by atoms with Crippen molar-refractivity contribution < 1.29 is 13.2 Å². The Bertz CT molecular complexity index is 341. The van der Waals surface area contributed by atoms with Crippen molar-refractivity contribution >= 4 is 10.0 Å². The summed E-state index contributed by atoms with van der Waals surface area (Å²) in [5, 5.41) is 3.40. The van der Waals surface area contributed by atoms with Crippen molar-refractivity contribution in [3.8, 4) is 0 Å². The molecule has 1 atom stereocenters. The van der Waals surface area contributed by atoms with Crippen molar-refractivity contribution in [2.45, 2.75) is 39.2 Å². The van der Waals surface area contributed by atoms with Gasteiger partial charge in [0.2, 0.25) is 10.0 Å². The molecule has 0 radical (unpaired) electrons. The normalized spacial score (nSPS) is 24.1. The Balaban J connectivity index is 2.39. The Kier molecular flexibility index (Phi) is 6.04. The third-order valence-electron chi connectivity index (χ3n) is 3.60. The van der Waals surface area contributed by atoms with Gasteiger partial charge in [0.1, 0.15) is 0 Å². The molecule has 2 N–H and O–H groups in total. The molecule has 1 rings (SSSR count). The highest BCUT2D eigenvalue weighted by atomic mass is 32.2. The zero-order chi connectivity index (χ0) is 13.6. The molecule has 1 aliphatic rings. The molecule has 1 saturated heterocycles. The molecule has 108 valence electrons. The molecular formula is C12H26N2O3S. The zero-order valence-electron chi connectivity index (χ0n) is 11.7. The average Bonchev–Trinajstić information content (AvgIpc) is 2.27. The minimum atomic E-state index is -3.17. The highest BCUT2D eigenvalue weighted by Crippen LogP contribution is 2.29. The van der Waals surface area contributed by atoms with Crippen molar-refractivity contribution in [1.29, 1.82) is 0 Å². The number of hydrogen-bond acceptors (Lipinski definition) is 4. The van der Waals surface area contributed by atoms with Gasteiger partial charge in [-0.2, -0.15) is 0 Å². The minimum Gasteiger partial charge on any atom is -0.385 e. The number of sulfonamides is 1. The molecule has 0 aliphatic carbocycles. The van der Waals surface area contributed by atoms with Gasteiger partial charge in [-0.25, -0.2) is 13.1 Å². The van der Waals surface area contributed by atoms with Gasteiger partial charge in [0.05, 0.1) is 5.75 Å². The van der Waals surface area contributed by atoms with Gasteiger partial charge in [-0.05, 0) is 31.2 Å². The summed E-state index contributed by atoms with van der Waals surface area (Å²) in [5.41, 5.74) is 0.146. The third kappa shape index (κ3) is 5.22. The fourth-order valence-corrected chi connectivity index (χ4v) is 3.36. The van der Waals surface area contributed by atoms with Crippen molar-refractivity contribution in [3.63, 3.8) is 0 Å². The molecular weight excluding hydrogens is 252 g/mol. The first-order chi connectivity index (χ1) is 8.37. The number of hydrogen-bond donors (Lipinski definition) is 2. The summed E-state index contributed by atoms with van der Waals surface area (Å²) in [4.78, 5) is 0. The predicted molar refractivity (Wildman–Crippen MR) is 73.1 cm³/mol. The second kappa shape index (κ2) is 6.84. The van der Waals surface area contributed by atoms with Gasteiger partial charge in [0.25, 0.3) is 0 Å². The van der Waals surface area contributed by atoms with Gasteiger partial charge in [-0.15, -0.1) is 0 Å². The van der Waals surface area contributed by atoms with Crippen LogP contribution in [0.25, 0.3) is 0 Å². The molecule has 1 aliphatic heterocycles. The lowest BCUT2D eigenvalue weighted by atomic mass is 9.78. The molecule has 0 aromatic carbocycles. The number of rotatable bonds is 7. The number of methoxy groups -OCH3 is 1. The molecule has 0 amide bonds. The fourth-order valence-electron chi connectivity index (χ4n) is 2.30. The van der Waals surface area contributed by atoms with E-state index < -0.39 is 10.0 Å². The summed E-state index contributed by atoms with van der Waals surface area (Å²) >= 11 is 0. The average molecular weight is 278 g/mol. The van der Waals surface area contributed by atoms with Crippen LogP contribution in [0, 0.1) is 5.41 Å². The lowest BCUT2D eigenvalue weighted by molar-refractivity contribution is 0.181. The van der Waals surface area contributed by atoms with Gasteiger partial charge in [-0.1, -0.05) is 13.8 Å². The molecule has 0 bridgehead atoms. The van der Waals surface area contributed by atoms with Gasteiger partial charge in [0, 0.05) is 26.3 Å². The number of piperidine rings is 1. The first-order valence-corrected chi connectivity index (χ1v) is 8.22. The Hall–Kier alpha value is -0.170. The summed E-state index contributed by atoms with van der Waals surface area (Å²) in [6.07, 6.45) is 2.83. The van der Waals surface area contributed by atoms with Crippen LogP contribution in [0.4, 0.5) is 0 Å². The molecule has 0 spiro atoms. The summed E-state index contributed by atoms with van der Waals surface area (Å²) in [6, 6.07) is 0.212. The van der Waals surface area contributed by atoms with Crippen LogP contribution in [0.3, 0.4) is 0 Å². The van der Waals surface area contributed by atoms with Crippen LogP contribution in [0.15, 0.2) is 0 Å². The molecule has 6 heteroatoms. The van der Waals surface area contributed by atoms with Crippen molar-refractivity contribution in [1.82, 2.24) is 10.0 Å². The number of ether oxygens (including phenoxy) is 1. The van der Waals surface area contributed by atoms with Crippen LogP contribution in [-0.2, 0) is 14.8 Å². The number of nitrogens with one attached hydrogen (secondary N) is 2. The largest absolute Gasteiger partial charge is 0.385 e. The van der Waals surface area contributed by atoms with E-state index in [-0.39, 0.29) is 17.2 Å². The van der Waals surface area contributed by atoms with Gasteiger partial charge in [-0.3, -0.25) is 0 Å². The van der Waals surface area contributed by atoms with Gasteiger partial charge in [0.15, 0.2) is 0 Å². The van der Waals surface area contributed by atoms with Crippen LogP contribution in [-0.4, -0.2) is 47.0 Å². The predicted octanol–water partition coefficient (Wildman–Crippen LogP) is 0.721. The summed E-state index contributed by atoms with van der Waals surface area (Å²) in [6.45, 7) is 6.29. The van der Waals surface area contributed by atoms with Crippen LogP contribution >= 0.6 is 0 Å². The molecule has 18 heavy (non-hydrogen) atoms. The molecule has 0 aromatic rings. The second-order valence-electron chi connectivity index (χ2n) is 5.61. The van der Waals surface area contributed by atoms with Crippen LogP contribution in [0.1, 0.15) is 33.1 Å². The summed E-state index contributed by atoms with van der Waals surface area (Å²) < 4.78 is 31.1. The zero-order valence-corrected chi connectivity index (χ0v) is 12.5. The standard InChI is InChI=1S/C12H26N2O3S/c1-12(2)6-4-7-13-11(12)10-14-18(15,16)9-5-8-17-3/h11,13-14H,4-10H2,1-3H3. The molecule has 0 aromatic heterocycles. The van der Waals surface area contributed by atoms with Crippen LogP contribution in [0.2, 0.25) is 0 Å². The molecule has 1 fully saturated rings. The minimum absolute atomic E-state index is 0.133. The van der Waals surface area contributed by atoms with Crippen molar-refractivity contribution in [2.24, 2.45) is 5.41 Å². The third-order valence-corrected chi connectivity index (χ3v) is 5.03. The Morgan fingerprint density at radius 3 is 2.78 bits per heavy atom. The maximum atomic E-state index is 11.8. The Morgan fingerprint density at radius 1 is 1.44 bits per heavy atom.